The quantitative estimate of drug-likeness (QED) is 0.259. The summed E-state index contributed by atoms with van der Waals surface area (Å²) in [7, 11) is 0. The molecule has 4 saturated carbocycles. The predicted molar refractivity (Wildman–Crippen MR) is 179 cm³/mol. The third-order valence-electron chi connectivity index (χ3n) is 11.2. The number of hydrogen-bond acceptors (Lipinski definition) is 0. The van der Waals surface area contributed by atoms with Crippen molar-refractivity contribution in [3.63, 3.8) is 0 Å². The Morgan fingerprint density at radius 1 is 0.400 bits per heavy atom. The molecular weight excluding hydrogens is 606 g/mol. The van der Waals surface area contributed by atoms with Crippen molar-refractivity contribution >= 4 is 38.0 Å². The van der Waals surface area contributed by atoms with Gasteiger partial charge in [0, 0.05) is 0 Å². The molecule has 4 fully saturated rings. The summed E-state index contributed by atoms with van der Waals surface area (Å²) < 4.78 is 8.02. The van der Waals surface area contributed by atoms with Crippen LogP contribution in [0, 0.1) is 13.8 Å². The van der Waals surface area contributed by atoms with Crippen molar-refractivity contribution in [1.82, 2.24) is 0 Å². The van der Waals surface area contributed by atoms with E-state index < -0.39 is 29.3 Å². The average Bonchev–Trinajstić information content (AvgIpc) is 3.01. The van der Waals surface area contributed by atoms with Crippen molar-refractivity contribution < 1.29 is 0 Å². The molecular formula is C38H56As2. The van der Waals surface area contributed by atoms with E-state index >= 15 is 0 Å². The maximum atomic E-state index is 2.69. The van der Waals surface area contributed by atoms with E-state index in [0.717, 1.165) is 18.8 Å². The molecule has 4 aliphatic carbocycles. The average molecular weight is 663 g/mol. The van der Waals surface area contributed by atoms with E-state index in [1.165, 1.54) is 128 Å². The van der Waals surface area contributed by atoms with Crippen molar-refractivity contribution in [3.05, 3.63) is 47.5 Å². The van der Waals surface area contributed by atoms with Crippen LogP contribution in [0.2, 0.25) is 18.8 Å². The summed E-state index contributed by atoms with van der Waals surface area (Å²) in [6, 6.07) is 15.3. The van der Waals surface area contributed by atoms with E-state index in [1.54, 1.807) is 22.3 Å². The van der Waals surface area contributed by atoms with Gasteiger partial charge in [-0.25, -0.2) is 0 Å². The molecule has 218 valence electrons. The molecule has 4 aliphatic rings. The summed E-state index contributed by atoms with van der Waals surface area (Å²) in [6.07, 6.45) is 30.2. The van der Waals surface area contributed by atoms with Gasteiger partial charge in [-0.05, 0) is 0 Å². The van der Waals surface area contributed by atoms with Gasteiger partial charge in [0.05, 0.1) is 0 Å². The molecule has 0 heterocycles. The zero-order valence-electron chi connectivity index (χ0n) is 25.8. The summed E-state index contributed by atoms with van der Waals surface area (Å²) in [4.78, 5) is 0. The monoisotopic (exact) mass is 662 g/mol. The van der Waals surface area contributed by atoms with Crippen LogP contribution in [0.15, 0.2) is 36.4 Å². The predicted octanol–water partition coefficient (Wildman–Crippen LogP) is 10.7. The zero-order valence-corrected chi connectivity index (χ0v) is 29.6. The minimum atomic E-state index is -1.21. The van der Waals surface area contributed by atoms with Crippen LogP contribution in [0.5, 0.6) is 0 Å². The van der Waals surface area contributed by atoms with Gasteiger partial charge in [-0.3, -0.25) is 0 Å². The molecule has 0 nitrogen and oxygen atoms in total. The molecule has 0 unspecified atom stereocenters. The molecule has 0 atom stereocenters. The molecule has 0 spiro atoms. The fourth-order valence-corrected chi connectivity index (χ4v) is 26.1. The van der Waals surface area contributed by atoms with Crippen molar-refractivity contribution in [2.75, 3.05) is 0 Å². The van der Waals surface area contributed by atoms with E-state index in [-0.39, 0.29) is 0 Å². The van der Waals surface area contributed by atoms with Crippen LogP contribution in [-0.2, 0) is 0 Å². The van der Waals surface area contributed by atoms with Gasteiger partial charge in [-0.1, -0.05) is 0 Å². The number of benzene rings is 2. The van der Waals surface area contributed by atoms with Crippen LogP contribution >= 0.6 is 0 Å². The Kier molecular flexibility index (Phi) is 10.6. The molecule has 6 rings (SSSR count). The van der Waals surface area contributed by atoms with Gasteiger partial charge in [0.1, 0.15) is 0 Å². The standard InChI is InChI=1S/C38H56As2/c1-29-17-15-27-35(39(31-19-7-3-8-20-31)32-21-9-4-10-22-32)37(29)38-30(2)18-16-28-36(38)40(33-23-11-5-12-24-33)34-25-13-6-14-26-34/h15-18,27-28,31-34H,3-14,19-26H2,1-2H3. The normalized spacial score (nSPS) is 22.8. The van der Waals surface area contributed by atoms with E-state index in [0.29, 0.717) is 0 Å². The minimum absolute atomic E-state index is 1.04. The van der Waals surface area contributed by atoms with E-state index in [9.17, 15) is 0 Å². The first-order valence-corrected chi connectivity index (χ1v) is 23.7. The van der Waals surface area contributed by atoms with Gasteiger partial charge in [0.2, 0.25) is 0 Å². The Morgan fingerprint density at radius 2 is 0.675 bits per heavy atom. The first-order chi connectivity index (χ1) is 19.7. The van der Waals surface area contributed by atoms with Crippen molar-refractivity contribution in [3.8, 4) is 11.1 Å². The Bertz CT molecular complexity index is 957. The second-order valence-corrected chi connectivity index (χ2v) is 25.5. The van der Waals surface area contributed by atoms with E-state index in [1.807, 2.05) is 8.70 Å². The van der Waals surface area contributed by atoms with Gasteiger partial charge in [-0.2, -0.15) is 0 Å². The molecule has 40 heavy (non-hydrogen) atoms. The van der Waals surface area contributed by atoms with Crippen molar-refractivity contribution in [1.29, 1.82) is 0 Å². The third kappa shape index (κ3) is 6.55. The number of aryl methyl sites for hydroxylation is 2. The van der Waals surface area contributed by atoms with Gasteiger partial charge < -0.3 is 0 Å². The molecule has 0 aromatic heterocycles. The second kappa shape index (κ2) is 14.4. The molecule has 2 aromatic carbocycles. The van der Waals surface area contributed by atoms with Crippen molar-refractivity contribution in [2.24, 2.45) is 0 Å². The maximum absolute atomic E-state index is 2.69. The molecule has 0 amide bonds. The van der Waals surface area contributed by atoms with Crippen LogP contribution in [0.25, 0.3) is 11.1 Å². The Labute approximate surface area is 256 Å². The van der Waals surface area contributed by atoms with Crippen LogP contribution in [0.1, 0.15) is 140 Å². The van der Waals surface area contributed by atoms with Crippen LogP contribution in [0.4, 0.5) is 0 Å². The topological polar surface area (TPSA) is 0 Å². The summed E-state index contributed by atoms with van der Waals surface area (Å²) >= 11 is -2.42. The summed E-state index contributed by atoms with van der Waals surface area (Å²) in [5, 5.41) is 0. The molecule has 0 radical (unpaired) electrons. The summed E-state index contributed by atoms with van der Waals surface area (Å²) in [5.74, 6) is 0. The molecule has 2 aromatic rings. The van der Waals surface area contributed by atoms with E-state index in [2.05, 4.69) is 50.2 Å². The number of rotatable bonds is 7. The Hall–Kier alpha value is -0.443. The van der Waals surface area contributed by atoms with Gasteiger partial charge in [0.15, 0.2) is 0 Å². The molecule has 0 aliphatic heterocycles. The Morgan fingerprint density at radius 3 is 0.950 bits per heavy atom. The fourth-order valence-electron chi connectivity index (χ4n) is 9.21. The molecule has 0 saturated heterocycles. The first-order valence-electron chi connectivity index (χ1n) is 17.5. The van der Waals surface area contributed by atoms with Crippen LogP contribution < -0.4 is 8.70 Å². The van der Waals surface area contributed by atoms with Gasteiger partial charge in [-0.15, -0.1) is 0 Å². The van der Waals surface area contributed by atoms with Gasteiger partial charge in [0.25, 0.3) is 0 Å². The van der Waals surface area contributed by atoms with Crippen LogP contribution in [0.3, 0.4) is 0 Å². The molecule has 2 heteroatoms. The summed E-state index contributed by atoms with van der Waals surface area (Å²) in [6.45, 7) is 4.98. The molecule has 0 N–H and O–H groups in total. The van der Waals surface area contributed by atoms with Gasteiger partial charge >= 0.3 is 258 Å². The SMILES string of the molecule is Cc1cccc([As](C2CCCCC2)C2CCCCC2)c1-c1c(C)cccc1[As](C1CCCCC1)C1CCCCC1. The molecule has 0 bridgehead atoms. The zero-order chi connectivity index (χ0) is 27.3. The van der Waals surface area contributed by atoms with Crippen molar-refractivity contribution in [2.45, 2.75) is 161 Å². The van der Waals surface area contributed by atoms with E-state index in [4.69, 9.17) is 0 Å². The fraction of sp³-hybridized carbons (Fsp3) is 0.684. The number of hydrogen-bond donors (Lipinski definition) is 0. The Balaban J connectivity index is 1.49. The second-order valence-electron chi connectivity index (χ2n) is 13.9. The summed E-state index contributed by atoms with van der Waals surface area (Å²) in [5.41, 5.74) is 6.75. The first kappa shape index (κ1) is 29.6. The van der Waals surface area contributed by atoms with Crippen LogP contribution in [-0.4, -0.2) is 29.3 Å². The third-order valence-corrected chi connectivity index (χ3v) is 26.0.